The van der Waals surface area contributed by atoms with Gasteiger partial charge in [0, 0.05) is 20.8 Å². The van der Waals surface area contributed by atoms with Crippen LogP contribution in [-0.2, 0) is 6.42 Å². The number of halogens is 3. The minimum atomic E-state index is 0.443. The van der Waals surface area contributed by atoms with Gasteiger partial charge in [0.05, 0.1) is 0 Å². The molecule has 88 valence electrons. The van der Waals surface area contributed by atoms with Gasteiger partial charge >= 0.3 is 0 Å². The molecule has 0 radical (unpaired) electrons. The molecule has 0 saturated carbocycles. The van der Waals surface area contributed by atoms with Crippen molar-refractivity contribution in [3.05, 3.63) is 44.6 Å². The normalized spacial score (nSPS) is 10.6. The summed E-state index contributed by atoms with van der Waals surface area (Å²) in [7, 11) is 0. The van der Waals surface area contributed by atoms with Crippen molar-refractivity contribution in [3.63, 3.8) is 0 Å². The molecular formula is C12H9BrCl2N2. The van der Waals surface area contributed by atoms with E-state index in [9.17, 15) is 0 Å². The summed E-state index contributed by atoms with van der Waals surface area (Å²) in [5, 5.41) is 1.09. The molecular weight excluding hydrogens is 323 g/mol. The third-order valence-corrected chi connectivity index (χ3v) is 3.40. The molecule has 0 saturated heterocycles. The molecule has 0 aliphatic carbocycles. The lowest BCUT2D eigenvalue weighted by atomic mass is 10.2. The Morgan fingerprint density at radius 1 is 1.18 bits per heavy atom. The number of benzene rings is 1. The number of hydrogen-bond donors (Lipinski definition) is 0. The number of aryl methyl sites for hydroxylation is 1. The van der Waals surface area contributed by atoms with E-state index in [2.05, 4.69) is 25.9 Å². The molecule has 0 fully saturated rings. The van der Waals surface area contributed by atoms with Gasteiger partial charge in [-0.05, 0) is 30.7 Å². The molecule has 1 aromatic heterocycles. The van der Waals surface area contributed by atoms with Crippen LogP contribution in [0.4, 0.5) is 0 Å². The summed E-state index contributed by atoms with van der Waals surface area (Å²) in [6, 6.07) is 7.26. The molecule has 1 heterocycles. The lowest BCUT2D eigenvalue weighted by Gasteiger charge is -2.06. The fourth-order valence-corrected chi connectivity index (χ4v) is 2.24. The van der Waals surface area contributed by atoms with E-state index in [4.69, 9.17) is 23.2 Å². The van der Waals surface area contributed by atoms with Crippen molar-refractivity contribution in [1.82, 2.24) is 9.97 Å². The van der Waals surface area contributed by atoms with Crippen molar-refractivity contribution in [1.29, 1.82) is 0 Å². The Hall–Kier alpha value is -0.640. The molecule has 1 aromatic carbocycles. The van der Waals surface area contributed by atoms with E-state index >= 15 is 0 Å². The van der Waals surface area contributed by atoms with Crippen LogP contribution in [0.3, 0.4) is 0 Å². The van der Waals surface area contributed by atoms with E-state index in [1.54, 1.807) is 12.1 Å². The number of rotatable bonds is 2. The van der Waals surface area contributed by atoms with Gasteiger partial charge < -0.3 is 0 Å². The van der Waals surface area contributed by atoms with Crippen LogP contribution in [0, 0.1) is 0 Å². The van der Waals surface area contributed by atoms with Gasteiger partial charge in [-0.1, -0.05) is 46.1 Å². The van der Waals surface area contributed by atoms with E-state index in [1.807, 2.05) is 19.1 Å². The van der Waals surface area contributed by atoms with Crippen LogP contribution in [0.15, 0.2) is 28.7 Å². The van der Waals surface area contributed by atoms with E-state index in [1.165, 1.54) is 0 Å². The Morgan fingerprint density at radius 2 is 1.94 bits per heavy atom. The fourth-order valence-electron chi connectivity index (χ4n) is 1.43. The van der Waals surface area contributed by atoms with Gasteiger partial charge in [-0.2, -0.15) is 0 Å². The van der Waals surface area contributed by atoms with E-state index in [0.29, 0.717) is 16.0 Å². The Balaban J connectivity index is 2.59. The summed E-state index contributed by atoms with van der Waals surface area (Å²) in [4.78, 5) is 8.66. The van der Waals surface area contributed by atoms with Crippen LogP contribution in [-0.4, -0.2) is 9.97 Å². The number of aromatic nitrogens is 2. The highest BCUT2D eigenvalue weighted by Crippen LogP contribution is 2.29. The standard InChI is InChI=1S/C12H9BrCl2N2/c1-2-8-6-11(15)17-12(16-8)9-5-7(14)3-4-10(9)13/h3-6H,2H2,1H3. The summed E-state index contributed by atoms with van der Waals surface area (Å²) in [6.45, 7) is 2.02. The molecule has 2 aromatic rings. The number of nitrogens with zero attached hydrogens (tertiary/aromatic N) is 2. The molecule has 0 N–H and O–H groups in total. The maximum Gasteiger partial charge on any atom is 0.162 e. The molecule has 17 heavy (non-hydrogen) atoms. The SMILES string of the molecule is CCc1cc(Cl)nc(-c2cc(Cl)ccc2Br)n1. The first kappa shape index (κ1) is 12.8. The van der Waals surface area contributed by atoms with Crippen LogP contribution in [0.2, 0.25) is 10.2 Å². The molecule has 0 bridgehead atoms. The molecule has 0 spiro atoms. The van der Waals surface area contributed by atoms with E-state index < -0.39 is 0 Å². The zero-order valence-corrected chi connectivity index (χ0v) is 12.1. The van der Waals surface area contributed by atoms with Gasteiger partial charge in [-0.15, -0.1) is 0 Å². The first-order chi connectivity index (χ1) is 8.10. The topological polar surface area (TPSA) is 25.8 Å². The molecule has 0 aliphatic heterocycles. The minimum absolute atomic E-state index is 0.443. The predicted octanol–water partition coefficient (Wildman–Crippen LogP) is 4.78. The molecule has 0 aliphatic rings. The Kier molecular flexibility index (Phi) is 4.02. The number of hydrogen-bond acceptors (Lipinski definition) is 2. The third kappa shape index (κ3) is 2.97. The van der Waals surface area contributed by atoms with Gasteiger partial charge in [0.2, 0.25) is 0 Å². The average molecular weight is 332 g/mol. The van der Waals surface area contributed by atoms with Gasteiger partial charge in [-0.25, -0.2) is 9.97 Å². The highest BCUT2D eigenvalue weighted by Gasteiger charge is 2.09. The molecule has 0 amide bonds. The van der Waals surface area contributed by atoms with Crippen molar-refractivity contribution in [2.45, 2.75) is 13.3 Å². The minimum Gasteiger partial charge on any atom is -0.233 e. The zero-order chi connectivity index (χ0) is 12.4. The van der Waals surface area contributed by atoms with Crippen LogP contribution in [0.5, 0.6) is 0 Å². The summed E-state index contributed by atoms with van der Waals surface area (Å²) in [6.07, 6.45) is 0.813. The first-order valence-electron chi connectivity index (χ1n) is 5.09. The molecule has 0 atom stereocenters. The van der Waals surface area contributed by atoms with Crippen molar-refractivity contribution in [3.8, 4) is 11.4 Å². The molecule has 0 unspecified atom stereocenters. The van der Waals surface area contributed by atoms with Crippen molar-refractivity contribution in [2.24, 2.45) is 0 Å². The van der Waals surface area contributed by atoms with E-state index in [0.717, 1.165) is 22.2 Å². The van der Waals surface area contributed by atoms with Crippen LogP contribution in [0.1, 0.15) is 12.6 Å². The second-order valence-electron chi connectivity index (χ2n) is 3.48. The van der Waals surface area contributed by atoms with E-state index in [-0.39, 0.29) is 0 Å². The highest BCUT2D eigenvalue weighted by atomic mass is 79.9. The lowest BCUT2D eigenvalue weighted by Crippen LogP contribution is -1.95. The monoisotopic (exact) mass is 330 g/mol. The summed E-state index contributed by atoms with van der Waals surface area (Å²) < 4.78 is 0.895. The second kappa shape index (κ2) is 5.34. The lowest BCUT2D eigenvalue weighted by molar-refractivity contribution is 1.00. The van der Waals surface area contributed by atoms with Gasteiger partial charge in [-0.3, -0.25) is 0 Å². The third-order valence-electron chi connectivity index (χ3n) is 2.28. The molecule has 2 nitrogen and oxygen atoms in total. The van der Waals surface area contributed by atoms with Crippen LogP contribution >= 0.6 is 39.1 Å². The Labute approximate surface area is 118 Å². The van der Waals surface area contributed by atoms with Gasteiger partial charge in [0.1, 0.15) is 5.15 Å². The Bertz CT molecular complexity index is 558. The molecule has 2 rings (SSSR count). The quantitative estimate of drug-likeness (QED) is 0.740. The summed E-state index contributed by atoms with van der Waals surface area (Å²) in [5.74, 6) is 0.587. The predicted molar refractivity (Wildman–Crippen MR) is 74.6 cm³/mol. The average Bonchev–Trinajstić information content (AvgIpc) is 2.31. The largest absolute Gasteiger partial charge is 0.233 e. The Morgan fingerprint density at radius 3 is 2.65 bits per heavy atom. The van der Waals surface area contributed by atoms with Gasteiger partial charge in [0.15, 0.2) is 5.82 Å². The van der Waals surface area contributed by atoms with Crippen LogP contribution < -0.4 is 0 Å². The summed E-state index contributed by atoms with van der Waals surface area (Å²) >= 11 is 15.4. The molecule has 5 heteroatoms. The fraction of sp³-hybridized carbons (Fsp3) is 0.167. The first-order valence-corrected chi connectivity index (χ1v) is 6.64. The smallest absolute Gasteiger partial charge is 0.162 e. The van der Waals surface area contributed by atoms with Crippen molar-refractivity contribution < 1.29 is 0 Å². The van der Waals surface area contributed by atoms with Gasteiger partial charge in [0.25, 0.3) is 0 Å². The maximum atomic E-state index is 5.97. The second-order valence-corrected chi connectivity index (χ2v) is 5.16. The summed E-state index contributed by atoms with van der Waals surface area (Å²) in [5.41, 5.74) is 1.75. The van der Waals surface area contributed by atoms with Crippen LogP contribution in [0.25, 0.3) is 11.4 Å². The van der Waals surface area contributed by atoms with Crippen molar-refractivity contribution >= 4 is 39.1 Å². The zero-order valence-electron chi connectivity index (χ0n) is 9.04. The maximum absolute atomic E-state index is 5.97. The highest BCUT2D eigenvalue weighted by molar-refractivity contribution is 9.10. The van der Waals surface area contributed by atoms with Crippen molar-refractivity contribution in [2.75, 3.05) is 0 Å².